The molecule has 0 N–H and O–H groups in total. The van der Waals surface area contributed by atoms with E-state index in [2.05, 4.69) is 26.0 Å². The molecule has 214 valence electrons. The molecule has 0 aliphatic heterocycles. The van der Waals surface area contributed by atoms with Gasteiger partial charge in [0.1, 0.15) is 17.4 Å². The van der Waals surface area contributed by atoms with Crippen LogP contribution in [0.4, 0.5) is 17.6 Å². The van der Waals surface area contributed by atoms with Crippen LogP contribution in [0.15, 0.2) is 93.2 Å². The van der Waals surface area contributed by atoms with Crippen LogP contribution < -0.4 is 15.0 Å². The second-order valence-corrected chi connectivity index (χ2v) is 10.1. The van der Waals surface area contributed by atoms with E-state index < -0.39 is 23.1 Å². The summed E-state index contributed by atoms with van der Waals surface area (Å²) in [7, 11) is 1.39. The average Bonchev–Trinajstić information content (AvgIpc) is 2.98. The van der Waals surface area contributed by atoms with Gasteiger partial charge in [0.05, 0.1) is 29.8 Å². The number of aromatic nitrogens is 2. The third-order valence-electron chi connectivity index (χ3n) is 6.22. The molecule has 6 nitrogen and oxygen atoms in total. The van der Waals surface area contributed by atoms with E-state index in [-0.39, 0.29) is 39.9 Å². The Morgan fingerprint density at radius 2 is 1.79 bits per heavy atom. The first-order valence-electron chi connectivity index (χ1n) is 12.2. The highest BCUT2D eigenvalue weighted by atomic mass is 79.9. The van der Waals surface area contributed by atoms with Crippen LogP contribution >= 0.6 is 27.5 Å². The lowest BCUT2D eigenvalue weighted by molar-refractivity contribution is -0.137. The normalized spacial score (nSPS) is 11.8. The van der Waals surface area contributed by atoms with Gasteiger partial charge in [-0.1, -0.05) is 54.1 Å². The molecular weight excluding hydrogens is 642 g/mol. The molecule has 1 heterocycles. The smallest absolute Gasteiger partial charge is 0.416 e. The van der Waals surface area contributed by atoms with Gasteiger partial charge in [-0.05, 0) is 52.3 Å². The number of para-hydroxylation sites is 1. The average molecular weight is 661 g/mol. The van der Waals surface area contributed by atoms with E-state index in [0.717, 1.165) is 16.8 Å². The van der Waals surface area contributed by atoms with Gasteiger partial charge in [-0.15, -0.1) is 0 Å². The van der Waals surface area contributed by atoms with Crippen LogP contribution in [-0.2, 0) is 12.8 Å². The minimum absolute atomic E-state index is 0.0383. The van der Waals surface area contributed by atoms with Crippen LogP contribution in [0.2, 0.25) is 5.02 Å². The summed E-state index contributed by atoms with van der Waals surface area (Å²) in [6, 6.07) is 18.6. The third kappa shape index (κ3) is 5.88. The molecule has 0 saturated heterocycles. The van der Waals surface area contributed by atoms with Crippen molar-refractivity contribution in [2.45, 2.75) is 12.8 Å². The van der Waals surface area contributed by atoms with Crippen molar-refractivity contribution >= 4 is 44.6 Å². The van der Waals surface area contributed by atoms with Crippen molar-refractivity contribution in [2.24, 2.45) is 5.10 Å². The van der Waals surface area contributed by atoms with Crippen molar-refractivity contribution < 1.29 is 27.0 Å². The molecule has 1 aromatic heterocycles. The minimum Gasteiger partial charge on any atom is -0.493 e. The fraction of sp³-hybridized carbons (Fsp3) is 0.100. The van der Waals surface area contributed by atoms with Gasteiger partial charge in [-0.3, -0.25) is 4.79 Å². The molecule has 0 atom stereocenters. The first-order valence-corrected chi connectivity index (χ1v) is 13.4. The Kier molecular flexibility index (Phi) is 8.33. The summed E-state index contributed by atoms with van der Waals surface area (Å²) < 4.78 is 66.9. The topological polar surface area (TPSA) is 65.7 Å². The molecule has 0 aliphatic carbocycles. The van der Waals surface area contributed by atoms with E-state index in [1.165, 1.54) is 37.6 Å². The highest BCUT2D eigenvalue weighted by molar-refractivity contribution is 9.10. The summed E-state index contributed by atoms with van der Waals surface area (Å²) in [6.45, 7) is -0.124. The van der Waals surface area contributed by atoms with E-state index >= 15 is 0 Å². The van der Waals surface area contributed by atoms with Crippen LogP contribution in [0.1, 0.15) is 16.7 Å². The van der Waals surface area contributed by atoms with Crippen molar-refractivity contribution in [1.29, 1.82) is 0 Å². The Morgan fingerprint density at radius 3 is 2.52 bits per heavy atom. The Balaban J connectivity index is 1.59. The minimum atomic E-state index is -4.60. The molecule has 0 bridgehead atoms. The molecule has 4 aromatic carbocycles. The van der Waals surface area contributed by atoms with Crippen LogP contribution in [0, 0.1) is 5.82 Å². The second-order valence-electron chi connectivity index (χ2n) is 8.90. The van der Waals surface area contributed by atoms with E-state index in [9.17, 15) is 22.4 Å². The first-order chi connectivity index (χ1) is 20.1. The van der Waals surface area contributed by atoms with Crippen molar-refractivity contribution in [2.75, 3.05) is 7.11 Å². The standard InChI is InChI=1S/C30H19BrClF4N3O3/c1-41-24-14-19(25(31)26(32)27(24)42-16-18-7-2-4-11-22(18)33)15-37-39-28(17-8-6-9-20(13-17)30(34,35)36)38-23-12-5-3-10-21(23)29(39)40/h2-15H,16H2,1H3. The number of ether oxygens (including phenoxy) is 2. The number of benzene rings is 4. The maximum Gasteiger partial charge on any atom is 0.416 e. The molecule has 5 rings (SSSR count). The third-order valence-corrected chi connectivity index (χ3v) is 7.66. The van der Waals surface area contributed by atoms with Crippen molar-refractivity contribution in [3.05, 3.63) is 121 Å². The number of rotatable bonds is 7. The lowest BCUT2D eigenvalue weighted by atomic mass is 10.1. The summed E-state index contributed by atoms with van der Waals surface area (Å²) in [4.78, 5) is 17.9. The van der Waals surface area contributed by atoms with E-state index in [4.69, 9.17) is 21.1 Å². The number of alkyl halides is 3. The fourth-order valence-electron chi connectivity index (χ4n) is 4.12. The van der Waals surface area contributed by atoms with Crippen molar-refractivity contribution in [3.8, 4) is 22.9 Å². The summed E-state index contributed by atoms with van der Waals surface area (Å²) >= 11 is 9.97. The van der Waals surface area contributed by atoms with E-state index in [1.807, 2.05) is 0 Å². The molecule has 0 saturated carbocycles. The zero-order chi connectivity index (χ0) is 30.0. The molecule has 5 aromatic rings. The molecule has 0 amide bonds. The Labute approximate surface area is 249 Å². The van der Waals surface area contributed by atoms with Crippen LogP contribution in [-0.4, -0.2) is 23.0 Å². The highest BCUT2D eigenvalue weighted by Gasteiger charge is 2.31. The van der Waals surface area contributed by atoms with Crippen molar-refractivity contribution in [3.63, 3.8) is 0 Å². The number of fused-ring (bicyclic) bond motifs is 1. The summed E-state index contributed by atoms with van der Waals surface area (Å²) in [6.07, 6.45) is -3.32. The molecule has 12 heteroatoms. The quantitative estimate of drug-likeness (QED) is 0.131. The Bertz CT molecular complexity index is 1890. The van der Waals surface area contributed by atoms with Gasteiger partial charge in [0.15, 0.2) is 17.3 Å². The largest absolute Gasteiger partial charge is 0.493 e. The summed E-state index contributed by atoms with van der Waals surface area (Å²) in [5, 5.41) is 4.62. The van der Waals surface area contributed by atoms with Gasteiger partial charge in [-0.25, -0.2) is 9.37 Å². The van der Waals surface area contributed by atoms with Crippen molar-refractivity contribution in [1.82, 2.24) is 9.66 Å². The lowest BCUT2D eigenvalue weighted by Gasteiger charge is -2.15. The predicted molar refractivity (Wildman–Crippen MR) is 156 cm³/mol. The molecule has 0 fully saturated rings. The molecule has 0 radical (unpaired) electrons. The monoisotopic (exact) mass is 659 g/mol. The second kappa shape index (κ2) is 11.9. The number of halogens is 6. The molecular formula is C30H19BrClF4N3O3. The van der Waals surface area contributed by atoms with Gasteiger partial charge in [0.25, 0.3) is 5.56 Å². The number of hydrogen-bond acceptors (Lipinski definition) is 5. The summed E-state index contributed by atoms with van der Waals surface area (Å²) in [5.74, 6) is -0.204. The predicted octanol–water partition coefficient (Wildman–Crippen LogP) is 8.11. The van der Waals surface area contributed by atoms with Gasteiger partial charge in [-0.2, -0.15) is 22.9 Å². The molecule has 0 spiro atoms. The van der Waals surface area contributed by atoms with Gasteiger partial charge in [0.2, 0.25) is 0 Å². The fourth-order valence-corrected chi connectivity index (χ4v) is 4.78. The van der Waals surface area contributed by atoms with Gasteiger partial charge >= 0.3 is 6.18 Å². The zero-order valence-electron chi connectivity index (χ0n) is 21.6. The lowest BCUT2D eigenvalue weighted by Crippen LogP contribution is -2.20. The molecule has 42 heavy (non-hydrogen) atoms. The summed E-state index contributed by atoms with van der Waals surface area (Å²) in [5.41, 5.74) is -0.501. The van der Waals surface area contributed by atoms with E-state index in [1.54, 1.807) is 42.5 Å². The first kappa shape index (κ1) is 29.3. The van der Waals surface area contributed by atoms with Gasteiger partial charge < -0.3 is 9.47 Å². The molecule has 0 aliphatic rings. The Morgan fingerprint density at radius 1 is 1.05 bits per heavy atom. The van der Waals surface area contributed by atoms with E-state index in [0.29, 0.717) is 21.1 Å². The SMILES string of the molecule is COc1cc(C=Nn2c(-c3cccc(C(F)(F)F)c3)nc3ccccc3c2=O)c(Br)c(Cl)c1OCc1ccccc1F. The maximum atomic E-state index is 14.1. The number of nitrogens with zero attached hydrogens (tertiary/aromatic N) is 3. The van der Waals surface area contributed by atoms with Crippen LogP contribution in [0.3, 0.4) is 0 Å². The number of hydrogen-bond donors (Lipinski definition) is 0. The molecule has 0 unspecified atom stereocenters. The number of methoxy groups -OCH3 is 1. The highest BCUT2D eigenvalue weighted by Crippen LogP contribution is 2.42. The van der Waals surface area contributed by atoms with Crippen LogP contribution in [0.5, 0.6) is 11.5 Å². The maximum absolute atomic E-state index is 14.1. The zero-order valence-corrected chi connectivity index (χ0v) is 24.0. The van der Waals surface area contributed by atoms with Gasteiger partial charge in [0, 0.05) is 21.2 Å². The van der Waals surface area contributed by atoms with Crippen LogP contribution in [0.25, 0.3) is 22.3 Å². The Hall–Kier alpha value is -4.22.